The van der Waals surface area contributed by atoms with Crippen LogP contribution in [0.5, 0.6) is 5.75 Å². The van der Waals surface area contributed by atoms with E-state index in [-0.39, 0.29) is 10.3 Å². The molecule has 1 aromatic heterocycles. The number of fused-ring (bicyclic) bond motifs is 1. The quantitative estimate of drug-likeness (QED) is 0.339. The van der Waals surface area contributed by atoms with Crippen LogP contribution in [0.25, 0.3) is 33.4 Å². The second kappa shape index (κ2) is 9.01. The van der Waals surface area contributed by atoms with E-state index in [2.05, 4.69) is 6.92 Å². The van der Waals surface area contributed by atoms with Crippen LogP contribution in [0.4, 0.5) is 0 Å². The second-order valence-electron chi connectivity index (χ2n) is 7.65. The monoisotopic (exact) mass is 448 g/mol. The number of hydrogen-bond acceptors (Lipinski definition) is 5. The number of rotatable bonds is 7. The highest BCUT2D eigenvalue weighted by atomic mass is 32.2. The van der Waals surface area contributed by atoms with Gasteiger partial charge in [-0.3, -0.25) is 4.79 Å². The molecule has 0 unspecified atom stereocenters. The lowest BCUT2D eigenvalue weighted by Gasteiger charge is -2.12. The Kier molecular flexibility index (Phi) is 6.15. The molecular formula is C26H24O5S. The van der Waals surface area contributed by atoms with E-state index in [9.17, 15) is 13.2 Å². The Morgan fingerprint density at radius 1 is 0.875 bits per heavy atom. The van der Waals surface area contributed by atoms with Crippen molar-refractivity contribution >= 4 is 20.8 Å². The number of hydrogen-bond donors (Lipinski definition) is 0. The molecule has 3 aromatic carbocycles. The molecule has 5 nitrogen and oxygen atoms in total. The molecule has 32 heavy (non-hydrogen) atoms. The van der Waals surface area contributed by atoms with Gasteiger partial charge in [-0.1, -0.05) is 37.6 Å². The molecule has 0 saturated heterocycles. The number of para-hydroxylation sites is 1. The zero-order chi connectivity index (χ0) is 22.7. The largest absolute Gasteiger partial charge is 0.494 e. The van der Waals surface area contributed by atoms with Crippen LogP contribution in [-0.2, 0) is 9.84 Å². The molecule has 0 spiro atoms. The molecule has 0 radical (unpaired) electrons. The van der Waals surface area contributed by atoms with E-state index in [1.54, 1.807) is 30.3 Å². The summed E-state index contributed by atoms with van der Waals surface area (Å²) in [6.07, 6.45) is 3.19. The first-order valence-corrected chi connectivity index (χ1v) is 12.4. The molecule has 0 aliphatic heterocycles. The summed E-state index contributed by atoms with van der Waals surface area (Å²) in [6.45, 7) is 2.75. The van der Waals surface area contributed by atoms with Crippen LogP contribution >= 0.6 is 0 Å². The van der Waals surface area contributed by atoms with Gasteiger partial charge in [0, 0.05) is 11.8 Å². The molecule has 6 heteroatoms. The molecule has 0 atom stereocenters. The molecule has 0 bridgehead atoms. The minimum absolute atomic E-state index is 0.145. The highest BCUT2D eigenvalue weighted by molar-refractivity contribution is 7.90. The molecule has 0 aliphatic rings. The van der Waals surface area contributed by atoms with Crippen LogP contribution in [0.3, 0.4) is 0 Å². The Labute approximate surface area is 187 Å². The maximum Gasteiger partial charge on any atom is 0.201 e. The highest BCUT2D eigenvalue weighted by Crippen LogP contribution is 2.33. The van der Waals surface area contributed by atoms with Gasteiger partial charge in [0.25, 0.3) is 0 Å². The standard InChI is InChI=1S/C26H24O5S/c1-3-4-17-30-20-13-9-18(10-14-20)24-25(27)22-7-5-6-8-23(22)31-26(24)19-11-15-21(16-12-19)32(2,28)29/h5-16H,3-4,17H2,1-2H3. The van der Waals surface area contributed by atoms with Crippen LogP contribution in [0, 0.1) is 0 Å². The van der Waals surface area contributed by atoms with E-state index in [0.717, 1.165) is 24.8 Å². The van der Waals surface area contributed by atoms with Crippen molar-refractivity contribution in [3.8, 4) is 28.2 Å². The predicted molar refractivity (Wildman–Crippen MR) is 127 cm³/mol. The van der Waals surface area contributed by atoms with E-state index >= 15 is 0 Å². The van der Waals surface area contributed by atoms with Gasteiger partial charge in [0.2, 0.25) is 5.43 Å². The van der Waals surface area contributed by atoms with Crippen molar-refractivity contribution in [3.63, 3.8) is 0 Å². The van der Waals surface area contributed by atoms with Gasteiger partial charge < -0.3 is 9.15 Å². The van der Waals surface area contributed by atoms with Gasteiger partial charge in [-0.2, -0.15) is 0 Å². The maximum atomic E-state index is 13.5. The lowest BCUT2D eigenvalue weighted by molar-refractivity contribution is 0.309. The normalized spacial score (nSPS) is 11.6. The van der Waals surface area contributed by atoms with Crippen LogP contribution in [0.2, 0.25) is 0 Å². The lowest BCUT2D eigenvalue weighted by atomic mass is 9.98. The van der Waals surface area contributed by atoms with Crippen molar-refractivity contribution in [2.45, 2.75) is 24.7 Å². The third-order valence-corrected chi connectivity index (χ3v) is 6.38. The first kappa shape index (κ1) is 21.8. The summed E-state index contributed by atoms with van der Waals surface area (Å²) < 4.78 is 35.6. The third kappa shape index (κ3) is 4.46. The van der Waals surface area contributed by atoms with Crippen molar-refractivity contribution in [3.05, 3.63) is 83.0 Å². The van der Waals surface area contributed by atoms with E-state index in [1.807, 2.05) is 30.3 Å². The molecule has 164 valence electrons. The van der Waals surface area contributed by atoms with E-state index < -0.39 is 9.84 Å². The van der Waals surface area contributed by atoms with Gasteiger partial charge >= 0.3 is 0 Å². The molecule has 4 rings (SSSR count). The van der Waals surface area contributed by atoms with Gasteiger partial charge in [-0.15, -0.1) is 0 Å². The minimum atomic E-state index is -3.33. The van der Waals surface area contributed by atoms with Crippen molar-refractivity contribution in [1.82, 2.24) is 0 Å². The number of ether oxygens (including phenoxy) is 1. The molecule has 0 amide bonds. The number of benzene rings is 3. The Morgan fingerprint density at radius 3 is 2.19 bits per heavy atom. The smallest absolute Gasteiger partial charge is 0.201 e. The number of unbranched alkanes of at least 4 members (excludes halogenated alkanes) is 1. The molecule has 0 fully saturated rings. The van der Waals surface area contributed by atoms with Crippen LogP contribution in [0.15, 0.2) is 86.9 Å². The predicted octanol–water partition coefficient (Wildman–Crippen LogP) is 5.71. The highest BCUT2D eigenvalue weighted by Gasteiger charge is 2.18. The molecule has 4 aromatic rings. The summed E-state index contributed by atoms with van der Waals surface area (Å²) in [5, 5.41) is 0.488. The van der Waals surface area contributed by atoms with Gasteiger partial charge in [0.1, 0.15) is 17.1 Å². The SMILES string of the molecule is CCCCOc1ccc(-c2c(-c3ccc(S(C)(=O)=O)cc3)oc3ccccc3c2=O)cc1. The lowest BCUT2D eigenvalue weighted by Crippen LogP contribution is -2.07. The Morgan fingerprint density at radius 2 is 1.53 bits per heavy atom. The summed E-state index contributed by atoms with van der Waals surface area (Å²) in [4.78, 5) is 13.7. The van der Waals surface area contributed by atoms with E-state index in [4.69, 9.17) is 9.15 Å². The Hall–Kier alpha value is -3.38. The van der Waals surface area contributed by atoms with E-state index in [0.29, 0.717) is 40.0 Å². The van der Waals surface area contributed by atoms with Crippen LogP contribution < -0.4 is 10.2 Å². The summed E-state index contributed by atoms with van der Waals surface area (Å²) in [7, 11) is -3.33. The average Bonchev–Trinajstić information content (AvgIpc) is 2.79. The molecular weight excluding hydrogens is 424 g/mol. The summed E-state index contributed by atoms with van der Waals surface area (Å²) in [5.41, 5.74) is 2.08. The minimum Gasteiger partial charge on any atom is -0.494 e. The maximum absolute atomic E-state index is 13.5. The molecule has 0 N–H and O–H groups in total. The Balaban J connectivity index is 1.86. The van der Waals surface area contributed by atoms with Crippen molar-refractivity contribution in [1.29, 1.82) is 0 Å². The van der Waals surface area contributed by atoms with Crippen molar-refractivity contribution in [2.24, 2.45) is 0 Å². The average molecular weight is 449 g/mol. The number of sulfone groups is 1. The fraction of sp³-hybridized carbons (Fsp3) is 0.192. The zero-order valence-electron chi connectivity index (χ0n) is 18.0. The fourth-order valence-corrected chi connectivity index (χ4v) is 4.14. The first-order valence-electron chi connectivity index (χ1n) is 10.5. The van der Waals surface area contributed by atoms with Crippen LogP contribution in [-0.4, -0.2) is 21.3 Å². The first-order chi connectivity index (χ1) is 15.4. The summed E-state index contributed by atoms with van der Waals surface area (Å²) >= 11 is 0. The van der Waals surface area contributed by atoms with E-state index in [1.165, 1.54) is 12.1 Å². The molecule has 0 saturated carbocycles. The summed E-state index contributed by atoms with van der Waals surface area (Å²) in [6, 6.07) is 20.8. The van der Waals surface area contributed by atoms with Crippen molar-refractivity contribution < 1.29 is 17.6 Å². The Bertz CT molecular complexity index is 1400. The topological polar surface area (TPSA) is 73.6 Å². The van der Waals surface area contributed by atoms with Gasteiger partial charge in [0.05, 0.1) is 22.5 Å². The van der Waals surface area contributed by atoms with Gasteiger partial charge in [-0.05, 0) is 60.5 Å². The molecule has 0 aliphatic carbocycles. The van der Waals surface area contributed by atoms with Crippen LogP contribution in [0.1, 0.15) is 19.8 Å². The molecule has 1 heterocycles. The third-order valence-electron chi connectivity index (χ3n) is 5.25. The second-order valence-corrected chi connectivity index (χ2v) is 9.67. The van der Waals surface area contributed by atoms with Crippen molar-refractivity contribution in [2.75, 3.05) is 12.9 Å². The zero-order valence-corrected chi connectivity index (χ0v) is 18.8. The van der Waals surface area contributed by atoms with Gasteiger partial charge in [0.15, 0.2) is 9.84 Å². The summed E-state index contributed by atoms with van der Waals surface area (Å²) in [5.74, 6) is 1.14. The fourth-order valence-electron chi connectivity index (χ4n) is 3.51. The van der Waals surface area contributed by atoms with Gasteiger partial charge in [-0.25, -0.2) is 8.42 Å².